The second-order valence-corrected chi connectivity index (χ2v) is 6.10. The SMILES string of the molecule is CC(C)OC(=O)OCOC(=O)[C@H](Cc1ccccc1)NC(=O)[C@@H](N)CC(=O)O. The predicted octanol–water partition coefficient (Wildman–Crippen LogP) is 0.578. The average Bonchev–Trinajstić information content (AvgIpc) is 2.60. The molecule has 0 aromatic heterocycles. The van der Waals surface area contributed by atoms with Crippen molar-refractivity contribution in [1.82, 2.24) is 5.32 Å². The molecule has 0 fully saturated rings. The van der Waals surface area contributed by atoms with E-state index in [4.69, 9.17) is 20.3 Å². The number of benzene rings is 1. The van der Waals surface area contributed by atoms with E-state index in [-0.39, 0.29) is 6.42 Å². The van der Waals surface area contributed by atoms with Crippen molar-refractivity contribution in [3.05, 3.63) is 35.9 Å². The van der Waals surface area contributed by atoms with Crippen molar-refractivity contribution in [2.45, 2.75) is 44.9 Å². The van der Waals surface area contributed by atoms with Crippen LogP contribution in [-0.4, -0.2) is 54.1 Å². The van der Waals surface area contributed by atoms with Crippen LogP contribution < -0.4 is 11.1 Å². The fourth-order valence-electron chi connectivity index (χ4n) is 2.07. The van der Waals surface area contributed by atoms with Crippen LogP contribution in [0.3, 0.4) is 0 Å². The zero-order valence-corrected chi connectivity index (χ0v) is 15.6. The zero-order valence-electron chi connectivity index (χ0n) is 15.6. The van der Waals surface area contributed by atoms with Crippen molar-refractivity contribution in [3.8, 4) is 0 Å². The van der Waals surface area contributed by atoms with E-state index in [0.717, 1.165) is 5.56 Å². The van der Waals surface area contributed by atoms with E-state index in [1.54, 1.807) is 44.2 Å². The maximum absolute atomic E-state index is 12.3. The van der Waals surface area contributed by atoms with Gasteiger partial charge in [-0.25, -0.2) is 9.59 Å². The molecule has 1 aromatic carbocycles. The fourth-order valence-corrected chi connectivity index (χ4v) is 2.07. The number of hydrogen-bond donors (Lipinski definition) is 3. The van der Waals surface area contributed by atoms with E-state index in [0.29, 0.717) is 0 Å². The van der Waals surface area contributed by atoms with Gasteiger partial charge in [0.2, 0.25) is 12.7 Å². The summed E-state index contributed by atoms with van der Waals surface area (Å²) in [5.41, 5.74) is 6.23. The molecule has 10 heteroatoms. The number of esters is 1. The smallest absolute Gasteiger partial charge is 0.481 e. The van der Waals surface area contributed by atoms with Crippen molar-refractivity contribution in [3.63, 3.8) is 0 Å². The third-order valence-corrected chi connectivity index (χ3v) is 3.32. The number of hydrogen-bond acceptors (Lipinski definition) is 8. The minimum atomic E-state index is -1.33. The highest BCUT2D eigenvalue weighted by atomic mass is 16.8. The summed E-state index contributed by atoms with van der Waals surface area (Å²) >= 11 is 0. The van der Waals surface area contributed by atoms with Crippen LogP contribution in [0.5, 0.6) is 0 Å². The van der Waals surface area contributed by atoms with Crippen LogP contribution >= 0.6 is 0 Å². The Balaban J connectivity index is 2.71. The molecule has 10 nitrogen and oxygen atoms in total. The number of aliphatic carboxylic acids is 1. The van der Waals surface area contributed by atoms with Gasteiger partial charge >= 0.3 is 18.1 Å². The molecule has 1 amide bonds. The van der Waals surface area contributed by atoms with Gasteiger partial charge in [0, 0.05) is 6.42 Å². The highest BCUT2D eigenvalue weighted by Crippen LogP contribution is 2.06. The molecule has 154 valence electrons. The molecule has 0 bridgehead atoms. The molecular formula is C18H24N2O8. The van der Waals surface area contributed by atoms with Crippen LogP contribution in [0.25, 0.3) is 0 Å². The van der Waals surface area contributed by atoms with Gasteiger partial charge in [-0.05, 0) is 19.4 Å². The van der Waals surface area contributed by atoms with E-state index in [1.807, 2.05) is 0 Å². The van der Waals surface area contributed by atoms with Crippen LogP contribution in [0.4, 0.5) is 4.79 Å². The summed E-state index contributed by atoms with van der Waals surface area (Å²) in [7, 11) is 0. The van der Waals surface area contributed by atoms with Crippen molar-refractivity contribution < 1.29 is 38.5 Å². The molecule has 0 unspecified atom stereocenters. The van der Waals surface area contributed by atoms with Crippen LogP contribution in [0, 0.1) is 0 Å². The summed E-state index contributed by atoms with van der Waals surface area (Å²) in [6.45, 7) is 2.55. The quantitative estimate of drug-likeness (QED) is 0.380. The minimum absolute atomic E-state index is 0.0711. The van der Waals surface area contributed by atoms with Gasteiger partial charge in [0.05, 0.1) is 18.6 Å². The summed E-state index contributed by atoms with van der Waals surface area (Å²) in [6.07, 6.45) is -1.93. The number of carboxylic acids is 1. The number of carbonyl (C=O) groups excluding carboxylic acids is 3. The lowest BCUT2D eigenvalue weighted by Crippen LogP contribution is -2.50. The van der Waals surface area contributed by atoms with Gasteiger partial charge in [-0.2, -0.15) is 0 Å². The third-order valence-electron chi connectivity index (χ3n) is 3.32. The van der Waals surface area contributed by atoms with Gasteiger partial charge in [-0.3, -0.25) is 9.59 Å². The summed E-state index contributed by atoms with van der Waals surface area (Å²) < 4.78 is 14.2. The van der Waals surface area contributed by atoms with Crippen molar-refractivity contribution in [2.24, 2.45) is 5.73 Å². The number of carboxylic acid groups (broad SMARTS) is 1. The van der Waals surface area contributed by atoms with E-state index >= 15 is 0 Å². The molecule has 0 heterocycles. The number of rotatable bonds is 10. The fraction of sp³-hybridized carbons (Fsp3) is 0.444. The molecule has 0 aliphatic carbocycles. The first-order valence-electron chi connectivity index (χ1n) is 8.50. The summed E-state index contributed by atoms with van der Waals surface area (Å²) in [4.78, 5) is 46.4. The number of amides is 1. The van der Waals surface area contributed by atoms with E-state index in [9.17, 15) is 19.2 Å². The van der Waals surface area contributed by atoms with Crippen molar-refractivity contribution >= 4 is 24.0 Å². The Kier molecular flexibility index (Phi) is 9.44. The topological polar surface area (TPSA) is 154 Å². The van der Waals surface area contributed by atoms with E-state index in [2.05, 4.69) is 10.1 Å². The molecule has 0 aliphatic rings. The Morgan fingerprint density at radius 2 is 1.75 bits per heavy atom. The van der Waals surface area contributed by atoms with Crippen LogP contribution in [-0.2, 0) is 35.0 Å². The van der Waals surface area contributed by atoms with E-state index in [1.165, 1.54) is 0 Å². The molecule has 0 aliphatic heterocycles. The largest absolute Gasteiger partial charge is 0.511 e. The molecule has 2 atom stereocenters. The monoisotopic (exact) mass is 396 g/mol. The number of nitrogens with one attached hydrogen (secondary N) is 1. The van der Waals surface area contributed by atoms with Gasteiger partial charge < -0.3 is 30.4 Å². The molecule has 1 rings (SSSR count). The predicted molar refractivity (Wildman–Crippen MR) is 96.0 cm³/mol. The third kappa shape index (κ3) is 8.99. The molecule has 0 saturated heterocycles. The van der Waals surface area contributed by atoms with Gasteiger partial charge in [-0.15, -0.1) is 0 Å². The van der Waals surface area contributed by atoms with Gasteiger partial charge in [0.25, 0.3) is 0 Å². The number of carbonyl (C=O) groups is 4. The maximum atomic E-state index is 12.3. The molecule has 0 spiro atoms. The van der Waals surface area contributed by atoms with Crippen molar-refractivity contribution in [1.29, 1.82) is 0 Å². The zero-order chi connectivity index (χ0) is 21.1. The Morgan fingerprint density at radius 3 is 2.32 bits per heavy atom. The minimum Gasteiger partial charge on any atom is -0.481 e. The van der Waals surface area contributed by atoms with Gasteiger partial charge in [0.1, 0.15) is 6.04 Å². The first-order valence-corrected chi connectivity index (χ1v) is 8.50. The summed E-state index contributed by atoms with van der Waals surface area (Å²) in [5, 5.41) is 11.1. The molecule has 28 heavy (non-hydrogen) atoms. The molecular weight excluding hydrogens is 372 g/mol. The summed E-state index contributed by atoms with van der Waals surface area (Å²) in [5.74, 6) is -2.95. The lowest BCUT2D eigenvalue weighted by molar-refractivity contribution is -0.157. The first kappa shape index (κ1) is 22.9. The molecule has 1 aromatic rings. The maximum Gasteiger partial charge on any atom is 0.511 e. The van der Waals surface area contributed by atoms with Crippen LogP contribution in [0.1, 0.15) is 25.8 Å². The van der Waals surface area contributed by atoms with E-state index < -0.39 is 55.4 Å². The van der Waals surface area contributed by atoms with Crippen molar-refractivity contribution in [2.75, 3.05) is 6.79 Å². The Bertz CT molecular complexity index is 677. The van der Waals surface area contributed by atoms with Gasteiger partial charge in [-0.1, -0.05) is 30.3 Å². The second kappa shape index (κ2) is 11.5. The Labute approximate surface area is 161 Å². The highest BCUT2D eigenvalue weighted by Gasteiger charge is 2.26. The molecule has 0 saturated carbocycles. The lowest BCUT2D eigenvalue weighted by Gasteiger charge is -2.19. The lowest BCUT2D eigenvalue weighted by atomic mass is 10.1. The highest BCUT2D eigenvalue weighted by molar-refractivity contribution is 5.89. The normalized spacial score (nSPS) is 12.6. The Morgan fingerprint density at radius 1 is 1.11 bits per heavy atom. The number of ether oxygens (including phenoxy) is 3. The van der Waals surface area contributed by atoms with Crippen LogP contribution in [0.15, 0.2) is 30.3 Å². The van der Waals surface area contributed by atoms with Gasteiger partial charge in [0.15, 0.2) is 0 Å². The first-order chi connectivity index (χ1) is 13.2. The molecule has 0 radical (unpaired) electrons. The Hall–Kier alpha value is -3.14. The molecule has 4 N–H and O–H groups in total. The van der Waals surface area contributed by atoms with Crippen LogP contribution in [0.2, 0.25) is 0 Å². The number of nitrogens with two attached hydrogens (primary N) is 1. The second-order valence-electron chi connectivity index (χ2n) is 6.10. The standard InChI is InChI=1S/C18H24N2O8/c1-11(2)28-18(25)27-10-26-17(24)14(8-12-6-4-3-5-7-12)20-16(23)13(19)9-15(21)22/h3-7,11,13-14H,8-10,19H2,1-2H3,(H,20,23)(H,21,22)/t13-,14-/m0/s1. The average molecular weight is 396 g/mol. The summed E-state index contributed by atoms with van der Waals surface area (Å²) in [6, 6.07) is 6.27.